The molecule has 17 heavy (non-hydrogen) atoms. The first kappa shape index (κ1) is 10.6. The highest BCUT2D eigenvalue weighted by Crippen LogP contribution is 2.39. The number of hydrogen-bond donors (Lipinski definition) is 0. The van der Waals surface area contributed by atoms with E-state index in [0.717, 1.165) is 23.8 Å². The number of anilines is 1. The van der Waals surface area contributed by atoms with Crippen LogP contribution in [0.2, 0.25) is 0 Å². The number of nitriles is 1. The van der Waals surface area contributed by atoms with Crippen molar-refractivity contribution in [2.75, 3.05) is 11.4 Å². The summed E-state index contributed by atoms with van der Waals surface area (Å²) < 4.78 is 0. The molecule has 2 unspecified atom stereocenters. The van der Waals surface area contributed by atoms with Crippen molar-refractivity contribution in [3.8, 4) is 6.07 Å². The number of rotatable bonds is 1. The summed E-state index contributed by atoms with van der Waals surface area (Å²) in [5.41, 5.74) is 0.722. The summed E-state index contributed by atoms with van der Waals surface area (Å²) in [6.45, 7) is 1.06. The Balaban J connectivity index is 1.95. The lowest BCUT2D eigenvalue weighted by Crippen LogP contribution is -2.43. The predicted molar refractivity (Wildman–Crippen MR) is 66.7 cm³/mol. The van der Waals surface area contributed by atoms with Gasteiger partial charge in [-0.2, -0.15) is 5.26 Å². The lowest BCUT2D eigenvalue weighted by molar-refractivity contribution is 0.360. The maximum absolute atomic E-state index is 9.17. The first-order valence-electron chi connectivity index (χ1n) is 6.52. The van der Waals surface area contributed by atoms with Crippen molar-refractivity contribution in [3.05, 3.63) is 23.9 Å². The number of aromatic nitrogens is 1. The first-order valence-corrected chi connectivity index (χ1v) is 6.52. The molecular formula is C14H17N3. The second-order valence-electron chi connectivity index (χ2n) is 5.08. The average molecular weight is 227 g/mol. The molecule has 0 radical (unpaired) electrons. The molecule has 2 aliphatic rings. The van der Waals surface area contributed by atoms with E-state index in [1.165, 1.54) is 32.1 Å². The minimum atomic E-state index is 0.630. The van der Waals surface area contributed by atoms with E-state index in [4.69, 9.17) is 0 Å². The summed E-state index contributed by atoms with van der Waals surface area (Å²) in [5.74, 6) is 1.74. The molecule has 3 heteroatoms. The zero-order chi connectivity index (χ0) is 11.7. The van der Waals surface area contributed by atoms with Crippen molar-refractivity contribution in [1.82, 2.24) is 4.98 Å². The van der Waals surface area contributed by atoms with Crippen LogP contribution in [-0.2, 0) is 0 Å². The van der Waals surface area contributed by atoms with Crippen LogP contribution in [0.25, 0.3) is 0 Å². The number of pyridine rings is 1. The van der Waals surface area contributed by atoms with Gasteiger partial charge in [0.05, 0.1) is 5.56 Å². The van der Waals surface area contributed by atoms with E-state index in [1.54, 1.807) is 6.20 Å². The normalized spacial score (nSPS) is 27.6. The number of nitrogens with zero attached hydrogens (tertiary/aromatic N) is 3. The van der Waals surface area contributed by atoms with Gasteiger partial charge in [-0.1, -0.05) is 6.42 Å². The molecule has 1 aromatic rings. The Morgan fingerprint density at radius 2 is 2.18 bits per heavy atom. The molecule has 1 aliphatic carbocycles. The minimum absolute atomic E-state index is 0.630. The van der Waals surface area contributed by atoms with Gasteiger partial charge in [0.1, 0.15) is 11.9 Å². The van der Waals surface area contributed by atoms with E-state index in [1.807, 2.05) is 12.1 Å². The third-order valence-corrected chi connectivity index (χ3v) is 4.17. The molecule has 0 N–H and O–H groups in total. The van der Waals surface area contributed by atoms with E-state index in [0.29, 0.717) is 6.04 Å². The Bertz CT molecular complexity index is 449. The minimum Gasteiger partial charge on any atom is -0.352 e. The SMILES string of the molecule is N#Cc1cccnc1N1CCCC2CCCC21. The van der Waals surface area contributed by atoms with Gasteiger partial charge in [-0.15, -0.1) is 0 Å². The Kier molecular flexibility index (Phi) is 2.72. The van der Waals surface area contributed by atoms with Gasteiger partial charge in [0.2, 0.25) is 0 Å². The van der Waals surface area contributed by atoms with Crippen LogP contribution in [0, 0.1) is 17.2 Å². The van der Waals surface area contributed by atoms with E-state index >= 15 is 0 Å². The summed E-state index contributed by atoms with van der Waals surface area (Å²) in [6.07, 6.45) is 8.36. The van der Waals surface area contributed by atoms with Crippen LogP contribution in [-0.4, -0.2) is 17.6 Å². The van der Waals surface area contributed by atoms with Gasteiger partial charge in [-0.25, -0.2) is 4.98 Å². The van der Waals surface area contributed by atoms with E-state index in [9.17, 15) is 5.26 Å². The molecule has 3 nitrogen and oxygen atoms in total. The molecule has 1 saturated carbocycles. The van der Waals surface area contributed by atoms with E-state index < -0.39 is 0 Å². The molecule has 1 saturated heterocycles. The van der Waals surface area contributed by atoms with Gasteiger partial charge in [0.15, 0.2) is 0 Å². The van der Waals surface area contributed by atoms with Crippen LogP contribution in [0.5, 0.6) is 0 Å². The second-order valence-corrected chi connectivity index (χ2v) is 5.08. The van der Waals surface area contributed by atoms with Gasteiger partial charge in [0, 0.05) is 18.8 Å². The van der Waals surface area contributed by atoms with Crippen molar-refractivity contribution in [2.24, 2.45) is 5.92 Å². The second kappa shape index (κ2) is 4.37. The third-order valence-electron chi connectivity index (χ3n) is 4.17. The van der Waals surface area contributed by atoms with Crippen molar-refractivity contribution in [2.45, 2.75) is 38.1 Å². The molecule has 0 aromatic carbocycles. The predicted octanol–water partition coefficient (Wildman–Crippen LogP) is 2.72. The lowest BCUT2D eigenvalue weighted by atomic mass is 9.91. The molecule has 1 aromatic heterocycles. The van der Waals surface area contributed by atoms with Crippen LogP contribution < -0.4 is 4.90 Å². The van der Waals surface area contributed by atoms with Crippen LogP contribution >= 0.6 is 0 Å². The highest BCUT2D eigenvalue weighted by molar-refractivity contribution is 5.54. The van der Waals surface area contributed by atoms with Gasteiger partial charge < -0.3 is 4.90 Å². The fraction of sp³-hybridized carbons (Fsp3) is 0.571. The lowest BCUT2D eigenvalue weighted by Gasteiger charge is -2.38. The average Bonchev–Trinajstić information content (AvgIpc) is 2.86. The molecule has 0 spiro atoms. The largest absolute Gasteiger partial charge is 0.352 e. The molecule has 2 heterocycles. The molecule has 3 rings (SSSR count). The first-order chi connectivity index (χ1) is 8.40. The Hall–Kier alpha value is -1.56. The smallest absolute Gasteiger partial charge is 0.146 e. The standard InChI is InChI=1S/C14H17N3/c15-10-12-5-2-8-16-14(12)17-9-3-6-11-4-1-7-13(11)17/h2,5,8,11,13H,1,3-4,6-7,9H2. The summed E-state index contributed by atoms with van der Waals surface area (Å²) in [6, 6.07) is 6.62. The maximum atomic E-state index is 9.17. The van der Waals surface area contributed by atoms with Gasteiger partial charge in [-0.05, 0) is 43.7 Å². The third kappa shape index (κ3) is 1.78. The Morgan fingerprint density at radius 1 is 1.29 bits per heavy atom. The van der Waals surface area contributed by atoms with Crippen LogP contribution in [0.3, 0.4) is 0 Å². The Labute approximate surface area is 102 Å². The number of fused-ring (bicyclic) bond motifs is 1. The van der Waals surface area contributed by atoms with Crippen LogP contribution in [0.4, 0.5) is 5.82 Å². The summed E-state index contributed by atoms with van der Waals surface area (Å²) in [4.78, 5) is 6.83. The molecular weight excluding hydrogens is 210 g/mol. The summed E-state index contributed by atoms with van der Waals surface area (Å²) in [5, 5.41) is 9.17. The fourth-order valence-corrected chi connectivity index (χ4v) is 3.43. The molecule has 2 atom stereocenters. The molecule has 88 valence electrons. The molecule has 0 amide bonds. The maximum Gasteiger partial charge on any atom is 0.146 e. The van der Waals surface area contributed by atoms with E-state index in [2.05, 4.69) is 16.0 Å². The van der Waals surface area contributed by atoms with Crippen molar-refractivity contribution >= 4 is 5.82 Å². The van der Waals surface area contributed by atoms with Crippen LogP contribution in [0.1, 0.15) is 37.7 Å². The van der Waals surface area contributed by atoms with Crippen LogP contribution in [0.15, 0.2) is 18.3 Å². The van der Waals surface area contributed by atoms with Gasteiger partial charge >= 0.3 is 0 Å². The quantitative estimate of drug-likeness (QED) is 0.740. The highest BCUT2D eigenvalue weighted by atomic mass is 15.2. The molecule has 2 fully saturated rings. The zero-order valence-electron chi connectivity index (χ0n) is 9.97. The highest BCUT2D eigenvalue weighted by Gasteiger charge is 2.36. The van der Waals surface area contributed by atoms with Crippen molar-refractivity contribution in [1.29, 1.82) is 5.26 Å². The van der Waals surface area contributed by atoms with Crippen molar-refractivity contribution < 1.29 is 0 Å². The monoisotopic (exact) mass is 227 g/mol. The summed E-state index contributed by atoms with van der Waals surface area (Å²) >= 11 is 0. The number of piperidine rings is 1. The van der Waals surface area contributed by atoms with Gasteiger partial charge in [0.25, 0.3) is 0 Å². The van der Waals surface area contributed by atoms with Crippen molar-refractivity contribution in [3.63, 3.8) is 0 Å². The fourth-order valence-electron chi connectivity index (χ4n) is 3.43. The molecule has 0 bridgehead atoms. The Morgan fingerprint density at radius 3 is 3.06 bits per heavy atom. The zero-order valence-corrected chi connectivity index (χ0v) is 9.97. The topological polar surface area (TPSA) is 39.9 Å². The molecule has 1 aliphatic heterocycles. The van der Waals surface area contributed by atoms with E-state index in [-0.39, 0.29) is 0 Å². The van der Waals surface area contributed by atoms with Gasteiger partial charge in [-0.3, -0.25) is 0 Å². The number of hydrogen-bond acceptors (Lipinski definition) is 3. The summed E-state index contributed by atoms with van der Waals surface area (Å²) in [7, 11) is 0.